The molecule has 1 aliphatic carbocycles. The number of amides is 1. The Balaban J connectivity index is 2.38. The van der Waals surface area contributed by atoms with Crippen molar-refractivity contribution in [1.82, 2.24) is 4.90 Å². The van der Waals surface area contributed by atoms with E-state index in [2.05, 4.69) is 0 Å². The van der Waals surface area contributed by atoms with E-state index in [1.54, 1.807) is 7.05 Å². The van der Waals surface area contributed by atoms with Crippen LogP contribution in [0.25, 0.3) is 0 Å². The average molecular weight is 187 g/mol. The van der Waals surface area contributed by atoms with Crippen LogP contribution in [0.4, 0.5) is 0 Å². The van der Waals surface area contributed by atoms with Gasteiger partial charge in [-0.25, -0.2) is 0 Å². The lowest BCUT2D eigenvalue weighted by molar-refractivity contribution is -0.141. The monoisotopic (exact) mass is 187 g/mol. The molecule has 13 heavy (non-hydrogen) atoms. The second kappa shape index (κ2) is 3.74. The summed E-state index contributed by atoms with van der Waals surface area (Å²) in [6, 6.07) is 0. The summed E-state index contributed by atoms with van der Waals surface area (Å²) in [5, 5.41) is 17.1. The third-order valence-electron chi connectivity index (χ3n) is 2.24. The fraction of sp³-hybridized carbons (Fsp3) is 0.750. The van der Waals surface area contributed by atoms with E-state index in [4.69, 9.17) is 10.2 Å². The maximum absolute atomic E-state index is 11.4. The highest BCUT2D eigenvalue weighted by Crippen LogP contribution is 2.39. The molecule has 74 valence electrons. The van der Waals surface area contributed by atoms with Gasteiger partial charge in [0.25, 0.3) is 0 Å². The van der Waals surface area contributed by atoms with Crippen molar-refractivity contribution in [2.75, 3.05) is 20.2 Å². The Kier molecular flexibility index (Phi) is 2.87. The van der Waals surface area contributed by atoms with Gasteiger partial charge in [-0.05, 0) is 6.42 Å². The molecule has 0 radical (unpaired) electrons. The molecule has 5 nitrogen and oxygen atoms in total. The second-order valence-electron chi connectivity index (χ2n) is 3.27. The van der Waals surface area contributed by atoms with Crippen molar-refractivity contribution in [3.63, 3.8) is 0 Å². The standard InChI is InChI=1S/C8H13NO4/c1-9(2-3-10)7(11)5-4-6(5)8(12)13/h5-6,10H,2-4H2,1H3,(H,12,13)/t5-,6+/m1/s1. The van der Waals surface area contributed by atoms with Crippen molar-refractivity contribution in [3.8, 4) is 0 Å². The largest absolute Gasteiger partial charge is 0.481 e. The first kappa shape index (κ1) is 9.98. The van der Waals surface area contributed by atoms with Gasteiger partial charge >= 0.3 is 5.97 Å². The highest BCUT2D eigenvalue weighted by Gasteiger charge is 2.49. The van der Waals surface area contributed by atoms with E-state index in [1.807, 2.05) is 0 Å². The first-order chi connectivity index (χ1) is 6.07. The first-order valence-corrected chi connectivity index (χ1v) is 4.16. The van der Waals surface area contributed by atoms with E-state index < -0.39 is 11.9 Å². The summed E-state index contributed by atoms with van der Waals surface area (Å²) in [6.07, 6.45) is 0.434. The van der Waals surface area contributed by atoms with Crippen LogP contribution >= 0.6 is 0 Å². The number of carboxylic acids is 1. The molecule has 1 amide bonds. The van der Waals surface area contributed by atoms with Gasteiger partial charge in [-0.3, -0.25) is 9.59 Å². The summed E-state index contributed by atoms with van der Waals surface area (Å²) in [4.78, 5) is 23.2. The fourth-order valence-electron chi connectivity index (χ4n) is 1.28. The smallest absolute Gasteiger partial charge is 0.307 e. The maximum atomic E-state index is 11.4. The van der Waals surface area contributed by atoms with Gasteiger partial charge in [0.05, 0.1) is 18.4 Å². The van der Waals surface area contributed by atoms with E-state index in [9.17, 15) is 9.59 Å². The van der Waals surface area contributed by atoms with Gasteiger partial charge in [-0.2, -0.15) is 0 Å². The molecule has 0 aromatic carbocycles. The lowest BCUT2D eigenvalue weighted by Gasteiger charge is -2.14. The third-order valence-corrected chi connectivity index (χ3v) is 2.24. The molecule has 1 rings (SSSR count). The van der Waals surface area contributed by atoms with Crippen molar-refractivity contribution in [2.24, 2.45) is 11.8 Å². The SMILES string of the molecule is CN(CCO)C(=O)[C@@H]1C[C@@H]1C(=O)O. The summed E-state index contributed by atoms with van der Waals surface area (Å²) >= 11 is 0. The van der Waals surface area contributed by atoms with Crippen molar-refractivity contribution in [3.05, 3.63) is 0 Å². The molecule has 0 saturated heterocycles. The Morgan fingerprint density at radius 1 is 1.46 bits per heavy atom. The Bertz CT molecular complexity index is 228. The lowest BCUT2D eigenvalue weighted by Crippen LogP contribution is -2.31. The number of carbonyl (C=O) groups excluding carboxylic acids is 1. The summed E-state index contributed by atoms with van der Waals surface area (Å²) in [6.45, 7) is 0.175. The van der Waals surface area contributed by atoms with E-state index in [0.717, 1.165) is 0 Å². The first-order valence-electron chi connectivity index (χ1n) is 4.16. The minimum Gasteiger partial charge on any atom is -0.481 e. The molecule has 0 aromatic rings. The molecule has 0 aromatic heterocycles. The zero-order chi connectivity index (χ0) is 10.0. The van der Waals surface area contributed by atoms with Crippen LogP contribution in [0.2, 0.25) is 0 Å². The number of carboxylic acid groups (broad SMARTS) is 1. The summed E-state index contributed by atoms with van der Waals surface area (Å²) < 4.78 is 0. The molecule has 0 heterocycles. The third kappa shape index (κ3) is 2.18. The number of aliphatic hydroxyl groups excluding tert-OH is 1. The van der Waals surface area contributed by atoms with Crippen molar-refractivity contribution < 1.29 is 19.8 Å². The molecule has 5 heteroatoms. The van der Waals surface area contributed by atoms with Crippen LogP contribution in [0, 0.1) is 11.8 Å². The van der Waals surface area contributed by atoms with Crippen LogP contribution in [-0.4, -0.2) is 47.2 Å². The zero-order valence-electron chi connectivity index (χ0n) is 7.43. The molecule has 1 saturated carbocycles. The Morgan fingerprint density at radius 3 is 2.46 bits per heavy atom. The fourth-order valence-corrected chi connectivity index (χ4v) is 1.28. The minimum absolute atomic E-state index is 0.0906. The highest BCUT2D eigenvalue weighted by molar-refractivity contribution is 5.89. The van der Waals surface area contributed by atoms with Gasteiger partial charge in [0.15, 0.2) is 0 Å². The van der Waals surface area contributed by atoms with Gasteiger partial charge in [0.1, 0.15) is 0 Å². The molecule has 2 N–H and O–H groups in total. The lowest BCUT2D eigenvalue weighted by atomic mass is 10.3. The molecular formula is C8H13NO4. The zero-order valence-corrected chi connectivity index (χ0v) is 7.43. The van der Waals surface area contributed by atoms with Crippen LogP contribution < -0.4 is 0 Å². The van der Waals surface area contributed by atoms with Crippen LogP contribution in [0.3, 0.4) is 0 Å². The van der Waals surface area contributed by atoms with Crippen LogP contribution in [0.5, 0.6) is 0 Å². The van der Waals surface area contributed by atoms with Crippen LogP contribution in [-0.2, 0) is 9.59 Å². The number of likely N-dealkylation sites (N-methyl/N-ethyl adjacent to an activating group) is 1. The highest BCUT2D eigenvalue weighted by atomic mass is 16.4. The van der Waals surface area contributed by atoms with Crippen molar-refractivity contribution in [1.29, 1.82) is 0 Å². The number of rotatable bonds is 4. The summed E-state index contributed by atoms with van der Waals surface area (Å²) in [5.74, 6) is -1.96. The summed E-state index contributed by atoms with van der Waals surface area (Å²) in [5.41, 5.74) is 0. The van der Waals surface area contributed by atoms with Gasteiger partial charge < -0.3 is 15.1 Å². The maximum Gasteiger partial charge on any atom is 0.307 e. The molecule has 0 bridgehead atoms. The Morgan fingerprint density at radius 2 is 2.08 bits per heavy atom. The van der Waals surface area contributed by atoms with Crippen LogP contribution in [0.1, 0.15) is 6.42 Å². The van der Waals surface area contributed by atoms with E-state index in [-0.39, 0.29) is 25.0 Å². The number of aliphatic hydroxyl groups is 1. The molecule has 1 fully saturated rings. The average Bonchev–Trinajstić information content (AvgIpc) is 2.82. The quantitative estimate of drug-likeness (QED) is 0.601. The van der Waals surface area contributed by atoms with Crippen molar-refractivity contribution in [2.45, 2.75) is 6.42 Å². The van der Waals surface area contributed by atoms with Gasteiger partial charge in [0, 0.05) is 13.6 Å². The topological polar surface area (TPSA) is 77.8 Å². The number of hydrogen-bond acceptors (Lipinski definition) is 3. The molecule has 2 atom stereocenters. The Labute approximate surface area is 76.0 Å². The van der Waals surface area contributed by atoms with Gasteiger partial charge in [-0.15, -0.1) is 0 Å². The van der Waals surface area contributed by atoms with Crippen LogP contribution in [0.15, 0.2) is 0 Å². The van der Waals surface area contributed by atoms with E-state index in [0.29, 0.717) is 6.42 Å². The molecule has 0 spiro atoms. The number of hydrogen-bond donors (Lipinski definition) is 2. The Hall–Kier alpha value is -1.10. The number of aliphatic carboxylic acids is 1. The minimum atomic E-state index is -0.907. The number of carbonyl (C=O) groups is 2. The van der Waals surface area contributed by atoms with Gasteiger partial charge in [0.2, 0.25) is 5.91 Å². The predicted octanol–water partition coefficient (Wildman–Crippen LogP) is -0.842. The van der Waals surface area contributed by atoms with Gasteiger partial charge in [-0.1, -0.05) is 0 Å². The summed E-state index contributed by atoms with van der Waals surface area (Å²) in [7, 11) is 1.57. The molecule has 0 unspecified atom stereocenters. The van der Waals surface area contributed by atoms with E-state index >= 15 is 0 Å². The molecule has 1 aliphatic rings. The van der Waals surface area contributed by atoms with Crippen molar-refractivity contribution >= 4 is 11.9 Å². The predicted molar refractivity (Wildman–Crippen MR) is 44.0 cm³/mol. The normalized spacial score (nSPS) is 25.4. The van der Waals surface area contributed by atoms with E-state index in [1.165, 1.54) is 4.90 Å². The molecular weight excluding hydrogens is 174 g/mol. The second-order valence-corrected chi connectivity index (χ2v) is 3.27. The molecule has 0 aliphatic heterocycles. The number of nitrogens with zero attached hydrogens (tertiary/aromatic N) is 1.